The molecule has 0 heterocycles. The molecule has 7 nitrogen and oxygen atoms in total. The first-order chi connectivity index (χ1) is 13.3. The number of rotatable bonds is 8. The molecule has 2 aromatic rings. The molecule has 0 aliphatic carbocycles. The lowest BCUT2D eigenvalue weighted by molar-refractivity contribution is -0.144. The fraction of sp³-hybridized carbons (Fsp3) is 0.200. The number of nitrogens with one attached hydrogen (secondary N) is 1. The van der Waals surface area contributed by atoms with Crippen LogP contribution in [0.15, 0.2) is 42.5 Å². The zero-order valence-electron chi connectivity index (χ0n) is 15.3. The topological polar surface area (TPSA) is 98.8 Å². The molecule has 0 atom stereocenters. The molecule has 0 aromatic heterocycles. The first-order valence-corrected chi connectivity index (χ1v) is 8.26. The fourth-order valence-electron chi connectivity index (χ4n) is 2.22. The highest BCUT2D eigenvalue weighted by Gasteiger charge is 2.15. The van der Waals surface area contributed by atoms with Crippen molar-refractivity contribution in [2.24, 2.45) is 0 Å². The van der Waals surface area contributed by atoms with Crippen LogP contribution in [0.1, 0.15) is 34.6 Å². The van der Waals surface area contributed by atoms with Crippen LogP contribution in [0.2, 0.25) is 0 Å². The zero-order valence-corrected chi connectivity index (χ0v) is 15.3. The van der Waals surface area contributed by atoms with Crippen LogP contribution in [0, 0.1) is 5.82 Å². The summed E-state index contributed by atoms with van der Waals surface area (Å²) >= 11 is 0. The molecule has 0 saturated heterocycles. The number of Topliss-reactive ketones (excluding diaryl/α,β-unsaturated/α-hetero) is 2. The molecule has 2 rings (SSSR count). The molecular formula is C20H18FNO6. The van der Waals surface area contributed by atoms with E-state index in [0.29, 0.717) is 11.3 Å². The van der Waals surface area contributed by atoms with Crippen molar-refractivity contribution in [2.75, 3.05) is 18.5 Å². The summed E-state index contributed by atoms with van der Waals surface area (Å²) in [6.45, 7) is 1.61. The van der Waals surface area contributed by atoms with Gasteiger partial charge in [-0.15, -0.1) is 0 Å². The van der Waals surface area contributed by atoms with Crippen LogP contribution in [-0.2, 0) is 14.3 Å². The summed E-state index contributed by atoms with van der Waals surface area (Å²) in [6.07, 6.45) is 0. The molecule has 0 saturated carbocycles. The Bertz CT molecular complexity index is 907. The largest absolute Gasteiger partial charge is 0.482 e. The number of ether oxygens (including phenoxy) is 2. The second kappa shape index (κ2) is 9.40. The molecule has 0 aliphatic heterocycles. The summed E-state index contributed by atoms with van der Waals surface area (Å²) < 4.78 is 24.0. The van der Waals surface area contributed by atoms with Gasteiger partial charge in [-0.1, -0.05) is 0 Å². The first-order valence-electron chi connectivity index (χ1n) is 8.26. The van der Waals surface area contributed by atoms with Crippen LogP contribution in [0.25, 0.3) is 0 Å². The molecule has 28 heavy (non-hydrogen) atoms. The van der Waals surface area contributed by atoms with Crippen molar-refractivity contribution in [1.29, 1.82) is 0 Å². The maximum Gasteiger partial charge on any atom is 0.344 e. The zero-order chi connectivity index (χ0) is 20.7. The van der Waals surface area contributed by atoms with Gasteiger partial charge in [0.15, 0.2) is 19.0 Å². The maximum absolute atomic E-state index is 14.0. The molecule has 0 unspecified atom stereocenters. The molecule has 2 aromatic carbocycles. The minimum Gasteiger partial charge on any atom is -0.482 e. The normalized spacial score (nSPS) is 10.1. The van der Waals surface area contributed by atoms with E-state index < -0.39 is 30.8 Å². The van der Waals surface area contributed by atoms with E-state index >= 15 is 0 Å². The molecule has 1 N–H and O–H groups in total. The Balaban J connectivity index is 1.84. The van der Waals surface area contributed by atoms with Gasteiger partial charge in [0.2, 0.25) is 11.7 Å². The number of carbonyl (C=O) groups is 4. The van der Waals surface area contributed by atoms with Gasteiger partial charge in [-0.2, -0.15) is 0 Å². The van der Waals surface area contributed by atoms with Crippen molar-refractivity contribution < 1.29 is 33.0 Å². The van der Waals surface area contributed by atoms with Crippen molar-refractivity contribution in [2.45, 2.75) is 13.8 Å². The second-order valence-electron chi connectivity index (χ2n) is 5.83. The van der Waals surface area contributed by atoms with Crippen LogP contribution in [0.4, 0.5) is 10.1 Å². The Morgan fingerprint density at radius 1 is 0.964 bits per heavy atom. The van der Waals surface area contributed by atoms with E-state index in [1.807, 2.05) is 0 Å². The van der Waals surface area contributed by atoms with Crippen molar-refractivity contribution in [1.82, 2.24) is 0 Å². The van der Waals surface area contributed by atoms with E-state index in [1.54, 1.807) is 12.1 Å². The molecule has 0 spiro atoms. The number of ketones is 2. The maximum atomic E-state index is 14.0. The summed E-state index contributed by atoms with van der Waals surface area (Å²) in [6, 6.07) is 9.74. The monoisotopic (exact) mass is 387 g/mol. The summed E-state index contributed by atoms with van der Waals surface area (Å²) in [7, 11) is 0. The molecule has 8 heteroatoms. The summed E-state index contributed by atoms with van der Waals surface area (Å²) in [4.78, 5) is 45.8. The Morgan fingerprint density at radius 2 is 1.64 bits per heavy atom. The van der Waals surface area contributed by atoms with E-state index in [1.165, 1.54) is 38.1 Å². The molecule has 0 radical (unpaired) electrons. The van der Waals surface area contributed by atoms with Crippen LogP contribution >= 0.6 is 0 Å². The number of anilines is 1. The Labute approximate surface area is 160 Å². The molecule has 146 valence electrons. The number of amides is 1. The standard InChI is InChI=1S/C20H18FNO6/c1-12(23)14-3-6-16(7-4-14)27-11-20(26)28-10-19(25)17-8-5-15(9-18(17)21)22-13(2)24/h3-9H,10-11H2,1-2H3,(H,22,24). The van der Waals surface area contributed by atoms with Gasteiger partial charge in [0.1, 0.15) is 11.6 Å². The quantitative estimate of drug-likeness (QED) is 0.552. The average molecular weight is 387 g/mol. The predicted octanol–water partition coefficient (Wildman–Crippen LogP) is 2.79. The molecule has 1 amide bonds. The Hall–Kier alpha value is -3.55. The molecular weight excluding hydrogens is 369 g/mol. The number of halogens is 1. The SMILES string of the molecule is CC(=O)Nc1ccc(C(=O)COC(=O)COc2ccc(C(C)=O)cc2)c(F)c1. The Morgan fingerprint density at radius 3 is 2.21 bits per heavy atom. The lowest BCUT2D eigenvalue weighted by Crippen LogP contribution is -2.20. The third-order valence-electron chi connectivity index (χ3n) is 3.57. The van der Waals surface area contributed by atoms with E-state index in [9.17, 15) is 23.6 Å². The van der Waals surface area contributed by atoms with Crippen molar-refractivity contribution in [3.63, 3.8) is 0 Å². The Kier molecular flexibility index (Phi) is 6.97. The van der Waals surface area contributed by atoms with Crippen LogP contribution in [-0.4, -0.2) is 36.7 Å². The summed E-state index contributed by atoms with van der Waals surface area (Å²) in [5.74, 6) is -2.49. The average Bonchev–Trinajstić information content (AvgIpc) is 2.64. The van der Waals surface area contributed by atoms with Gasteiger partial charge in [-0.3, -0.25) is 14.4 Å². The van der Waals surface area contributed by atoms with Crippen LogP contribution < -0.4 is 10.1 Å². The van der Waals surface area contributed by atoms with E-state index in [4.69, 9.17) is 9.47 Å². The van der Waals surface area contributed by atoms with Crippen LogP contribution in [0.3, 0.4) is 0 Å². The molecule has 0 bridgehead atoms. The third-order valence-corrected chi connectivity index (χ3v) is 3.57. The lowest BCUT2D eigenvalue weighted by atomic mass is 10.1. The number of hydrogen-bond acceptors (Lipinski definition) is 6. The summed E-state index contributed by atoms with van der Waals surface area (Å²) in [5, 5.41) is 2.39. The van der Waals surface area contributed by atoms with Gasteiger partial charge in [-0.25, -0.2) is 9.18 Å². The van der Waals surface area contributed by atoms with E-state index in [0.717, 1.165) is 6.07 Å². The number of esters is 1. The van der Waals surface area contributed by atoms with Crippen LogP contribution in [0.5, 0.6) is 5.75 Å². The number of carbonyl (C=O) groups excluding carboxylic acids is 4. The van der Waals surface area contributed by atoms with Gasteiger partial charge in [-0.05, 0) is 49.4 Å². The van der Waals surface area contributed by atoms with Gasteiger partial charge in [0, 0.05) is 18.2 Å². The smallest absolute Gasteiger partial charge is 0.344 e. The minimum absolute atomic E-state index is 0.0955. The highest BCUT2D eigenvalue weighted by Crippen LogP contribution is 2.16. The van der Waals surface area contributed by atoms with Gasteiger partial charge >= 0.3 is 5.97 Å². The van der Waals surface area contributed by atoms with Gasteiger partial charge < -0.3 is 14.8 Å². The molecule has 0 aliphatic rings. The van der Waals surface area contributed by atoms with Gasteiger partial charge in [0.05, 0.1) is 5.56 Å². The predicted molar refractivity (Wildman–Crippen MR) is 97.9 cm³/mol. The number of benzene rings is 2. The van der Waals surface area contributed by atoms with E-state index in [-0.39, 0.29) is 22.9 Å². The van der Waals surface area contributed by atoms with Crippen molar-refractivity contribution >= 4 is 29.1 Å². The van der Waals surface area contributed by atoms with E-state index in [2.05, 4.69) is 5.32 Å². The summed E-state index contributed by atoms with van der Waals surface area (Å²) in [5.41, 5.74) is 0.456. The highest BCUT2D eigenvalue weighted by molar-refractivity contribution is 5.99. The first kappa shape index (κ1) is 20.8. The fourth-order valence-corrected chi connectivity index (χ4v) is 2.22. The minimum atomic E-state index is -0.839. The van der Waals surface area contributed by atoms with Crippen molar-refractivity contribution in [3.05, 3.63) is 59.4 Å². The van der Waals surface area contributed by atoms with Crippen molar-refractivity contribution in [3.8, 4) is 5.75 Å². The number of hydrogen-bond donors (Lipinski definition) is 1. The third kappa shape index (κ3) is 6.01. The lowest BCUT2D eigenvalue weighted by Gasteiger charge is -2.08. The second-order valence-corrected chi connectivity index (χ2v) is 5.83. The molecule has 0 fully saturated rings. The highest BCUT2D eigenvalue weighted by atomic mass is 19.1. The van der Waals surface area contributed by atoms with Gasteiger partial charge in [0.25, 0.3) is 0 Å².